The normalized spacial score (nSPS) is 16.9. The quantitative estimate of drug-likeness (QED) is 0.788. The molecule has 1 saturated heterocycles. The number of aromatic nitrogens is 1. The van der Waals surface area contributed by atoms with Crippen LogP contribution in [0.1, 0.15) is 16.8 Å². The van der Waals surface area contributed by atoms with Gasteiger partial charge >= 0.3 is 6.03 Å². The smallest absolute Gasteiger partial charge is 0.323 e. The molecule has 1 aromatic heterocycles. The second-order valence-corrected chi connectivity index (χ2v) is 7.66. The Bertz CT molecular complexity index is 837. The van der Waals surface area contributed by atoms with Gasteiger partial charge in [-0.25, -0.2) is 9.78 Å². The van der Waals surface area contributed by atoms with Crippen LogP contribution in [0.3, 0.4) is 0 Å². The van der Waals surface area contributed by atoms with E-state index in [0.717, 1.165) is 26.1 Å². The van der Waals surface area contributed by atoms with Gasteiger partial charge in [-0.3, -0.25) is 14.6 Å². The third-order valence-corrected chi connectivity index (χ3v) is 5.84. The van der Waals surface area contributed by atoms with E-state index in [4.69, 9.17) is 0 Å². The van der Waals surface area contributed by atoms with Crippen molar-refractivity contribution in [2.45, 2.75) is 19.4 Å². The lowest BCUT2D eigenvalue weighted by atomic mass is 10.00. The van der Waals surface area contributed by atoms with Crippen LogP contribution in [-0.4, -0.2) is 54.5 Å². The molecule has 0 saturated carbocycles. The van der Waals surface area contributed by atoms with E-state index < -0.39 is 0 Å². The molecular formula is C19H23N5O2S. The highest BCUT2D eigenvalue weighted by atomic mass is 32.1. The van der Waals surface area contributed by atoms with Gasteiger partial charge in [-0.05, 0) is 17.5 Å². The van der Waals surface area contributed by atoms with Gasteiger partial charge in [0, 0.05) is 44.6 Å². The molecule has 1 fully saturated rings. The third kappa shape index (κ3) is 4.28. The minimum absolute atomic E-state index is 0.0323. The third-order valence-electron chi connectivity index (χ3n) is 4.93. The zero-order chi connectivity index (χ0) is 18.6. The largest absolute Gasteiger partial charge is 0.354 e. The summed E-state index contributed by atoms with van der Waals surface area (Å²) in [7, 11) is 0. The molecule has 7 nitrogen and oxygen atoms in total. The first kappa shape index (κ1) is 17.9. The highest BCUT2D eigenvalue weighted by molar-refractivity contribution is 7.14. The van der Waals surface area contributed by atoms with E-state index in [1.807, 2.05) is 5.38 Å². The first-order chi connectivity index (χ1) is 13.2. The molecule has 0 spiro atoms. The van der Waals surface area contributed by atoms with Gasteiger partial charge in [0.05, 0.1) is 12.1 Å². The van der Waals surface area contributed by atoms with Crippen molar-refractivity contribution in [1.82, 2.24) is 20.5 Å². The van der Waals surface area contributed by atoms with Gasteiger partial charge in [0.2, 0.25) is 5.91 Å². The summed E-state index contributed by atoms with van der Waals surface area (Å²) in [5, 5.41) is 8.24. The van der Waals surface area contributed by atoms with Crippen molar-refractivity contribution in [3.05, 3.63) is 46.5 Å². The predicted molar refractivity (Wildman–Crippen MR) is 105 cm³/mol. The Hall–Kier alpha value is -2.45. The summed E-state index contributed by atoms with van der Waals surface area (Å²) in [4.78, 5) is 32.3. The summed E-state index contributed by atoms with van der Waals surface area (Å²) >= 11 is 1.40. The Morgan fingerprint density at radius 2 is 2.11 bits per heavy atom. The van der Waals surface area contributed by atoms with Crippen LogP contribution in [0.2, 0.25) is 0 Å². The summed E-state index contributed by atoms with van der Waals surface area (Å²) in [5.41, 5.74) is 3.53. The Labute approximate surface area is 162 Å². The lowest BCUT2D eigenvalue weighted by Crippen LogP contribution is -2.38. The van der Waals surface area contributed by atoms with Gasteiger partial charge in [-0.2, -0.15) is 0 Å². The molecule has 0 bridgehead atoms. The predicted octanol–water partition coefficient (Wildman–Crippen LogP) is 1.39. The highest BCUT2D eigenvalue weighted by Crippen LogP contribution is 2.22. The number of benzene rings is 1. The number of nitrogens with zero attached hydrogens (tertiary/aromatic N) is 3. The molecule has 0 aliphatic carbocycles. The zero-order valence-corrected chi connectivity index (χ0v) is 15.9. The number of thiazole rings is 1. The molecule has 4 rings (SSSR count). The number of hydrogen-bond acceptors (Lipinski definition) is 5. The van der Waals surface area contributed by atoms with Crippen molar-refractivity contribution in [2.24, 2.45) is 0 Å². The van der Waals surface area contributed by atoms with Crippen LogP contribution in [0.25, 0.3) is 0 Å². The molecule has 1 aromatic carbocycles. The van der Waals surface area contributed by atoms with Crippen LogP contribution in [0, 0.1) is 0 Å². The molecule has 2 aliphatic heterocycles. The fourth-order valence-electron chi connectivity index (χ4n) is 3.48. The maximum Gasteiger partial charge on any atom is 0.323 e. The monoisotopic (exact) mass is 385 g/mol. The van der Waals surface area contributed by atoms with E-state index in [0.29, 0.717) is 30.5 Å². The standard InChI is InChI=1S/C19H23N5O2S/c25-17(11-16-13-27-19(22-16)24-10-7-21-18(24)26)20-6-9-23-8-5-14-3-1-2-4-15(14)12-23/h1-4,13H,5-12H2,(H,20,25)(H,21,26). The molecule has 8 heteroatoms. The summed E-state index contributed by atoms with van der Waals surface area (Å²) in [6, 6.07) is 8.43. The van der Waals surface area contributed by atoms with Gasteiger partial charge in [-0.1, -0.05) is 24.3 Å². The second kappa shape index (κ2) is 8.06. The number of urea groups is 1. The van der Waals surface area contributed by atoms with Gasteiger partial charge in [0.25, 0.3) is 0 Å². The number of fused-ring (bicyclic) bond motifs is 1. The topological polar surface area (TPSA) is 77.6 Å². The molecule has 0 unspecified atom stereocenters. The number of hydrogen-bond donors (Lipinski definition) is 2. The second-order valence-electron chi connectivity index (χ2n) is 6.83. The summed E-state index contributed by atoms with van der Waals surface area (Å²) < 4.78 is 0. The minimum atomic E-state index is -0.122. The van der Waals surface area contributed by atoms with Gasteiger partial charge in [0.1, 0.15) is 0 Å². The highest BCUT2D eigenvalue weighted by Gasteiger charge is 2.24. The summed E-state index contributed by atoms with van der Waals surface area (Å²) in [6.07, 6.45) is 1.31. The van der Waals surface area contributed by atoms with E-state index in [9.17, 15) is 9.59 Å². The minimum Gasteiger partial charge on any atom is -0.354 e. The number of rotatable bonds is 6. The van der Waals surface area contributed by atoms with E-state index in [1.54, 1.807) is 4.90 Å². The molecule has 0 atom stereocenters. The van der Waals surface area contributed by atoms with Crippen molar-refractivity contribution in [3.8, 4) is 0 Å². The van der Waals surface area contributed by atoms with Crippen LogP contribution in [-0.2, 0) is 24.2 Å². The zero-order valence-electron chi connectivity index (χ0n) is 15.1. The van der Waals surface area contributed by atoms with Crippen LogP contribution in [0.4, 0.5) is 9.93 Å². The van der Waals surface area contributed by atoms with Crippen LogP contribution in [0.15, 0.2) is 29.6 Å². The van der Waals surface area contributed by atoms with Crippen LogP contribution in [0.5, 0.6) is 0 Å². The maximum absolute atomic E-state index is 12.2. The SMILES string of the molecule is O=C(Cc1csc(N2CCNC2=O)n1)NCCN1CCc2ccccc2C1. The molecule has 2 N–H and O–H groups in total. The van der Waals surface area contributed by atoms with Crippen molar-refractivity contribution >= 4 is 28.4 Å². The molecule has 3 amide bonds. The number of carbonyl (C=O) groups excluding carboxylic acids is 2. The first-order valence-corrected chi connectivity index (χ1v) is 10.1. The van der Waals surface area contributed by atoms with Crippen molar-refractivity contribution in [3.63, 3.8) is 0 Å². The first-order valence-electron chi connectivity index (χ1n) is 9.24. The fraction of sp³-hybridized carbons (Fsp3) is 0.421. The molecule has 0 radical (unpaired) electrons. The maximum atomic E-state index is 12.2. The van der Waals surface area contributed by atoms with Crippen LogP contribution < -0.4 is 15.5 Å². The van der Waals surface area contributed by atoms with Crippen LogP contribution >= 0.6 is 11.3 Å². The van der Waals surface area contributed by atoms with Gasteiger partial charge in [0.15, 0.2) is 5.13 Å². The van der Waals surface area contributed by atoms with Crippen molar-refractivity contribution in [1.29, 1.82) is 0 Å². The van der Waals surface area contributed by atoms with Gasteiger partial charge in [-0.15, -0.1) is 11.3 Å². The van der Waals surface area contributed by atoms with E-state index in [2.05, 4.69) is 44.8 Å². The molecule has 27 heavy (non-hydrogen) atoms. The van der Waals surface area contributed by atoms with E-state index in [-0.39, 0.29) is 18.4 Å². The number of carbonyl (C=O) groups is 2. The Kier molecular flexibility index (Phi) is 5.35. The Morgan fingerprint density at radius 1 is 1.26 bits per heavy atom. The Balaban J connectivity index is 1.21. The van der Waals surface area contributed by atoms with Crippen molar-refractivity contribution in [2.75, 3.05) is 37.6 Å². The average Bonchev–Trinajstić information content (AvgIpc) is 3.30. The molecule has 142 valence electrons. The summed E-state index contributed by atoms with van der Waals surface area (Å²) in [5.74, 6) is -0.0323. The molecule has 2 aromatic rings. The lowest BCUT2D eigenvalue weighted by Gasteiger charge is -2.28. The number of nitrogens with one attached hydrogen (secondary N) is 2. The van der Waals surface area contributed by atoms with Gasteiger partial charge < -0.3 is 10.6 Å². The molecule has 2 aliphatic rings. The lowest BCUT2D eigenvalue weighted by molar-refractivity contribution is -0.120. The Morgan fingerprint density at radius 3 is 2.93 bits per heavy atom. The molecular weight excluding hydrogens is 362 g/mol. The van der Waals surface area contributed by atoms with E-state index in [1.165, 1.54) is 22.5 Å². The summed E-state index contributed by atoms with van der Waals surface area (Å²) in [6.45, 7) is 4.70. The molecule has 3 heterocycles. The van der Waals surface area contributed by atoms with Crippen molar-refractivity contribution < 1.29 is 9.59 Å². The fourth-order valence-corrected chi connectivity index (χ4v) is 4.33. The average molecular weight is 385 g/mol. The van der Waals surface area contributed by atoms with E-state index >= 15 is 0 Å². The number of amides is 3. The number of anilines is 1.